The third-order valence-corrected chi connectivity index (χ3v) is 3.08. The molecule has 0 heterocycles. The molecule has 0 aliphatic carbocycles. The Balaban J connectivity index is 0.00000400. The monoisotopic (exact) mass is 314 g/mol. The van der Waals surface area contributed by atoms with Gasteiger partial charge in [-0.2, -0.15) is 0 Å². The van der Waals surface area contributed by atoms with Crippen LogP contribution in [0.15, 0.2) is 24.3 Å². The Morgan fingerprint density at radius 1 is 1.38 bits per heavy atom. The van der Waals surface area contributed by atoms with Gasteiger partial charge in [-0.05, 0) is 24.0 Å². The lowest BCUT2D eigenvalue weighted by molar-refractivity contribution is -0.119. The number of rotatable bonds is 6. The maximum Gasteiger partial charge on any atom is 0.241 e. The van der Waals surface area contributed by atoms with Crippen LogP contribution in [0.25, 0.3) is 0 Å². The molecule has 0 aliphatic heterocycles. The van der Waals surface area contributed by atoms with Crippen LogP contribution in [-0.4, -0.2) is 18.6 Å². The number of anilines is 1. The molecule has 0 unspecified atom stereocenters. The quantitative estimate of drug-likeness (QED) is 0.788. The number of hydrogen-bond donors (Lipinski definition) is 2. The van der Waals surface area contributed by atoms with Gasteiger partial charge < -0.3 is 15.8 Å². The highest BCUT2D eigenvalue weighted by molar-refractivity contribution is 5.95. The third kappa shape index (κ3) is 6.82. The fourth-order valence-corrected chi connectivity index (χ4v) is 1.61. The first-order chi connectivity index (χ1) is 9.34. The van der Waals surface area contributed by atoms with E-state index < -0.39 is 6.04 Å². The van der Waals surface area contributed by atoms with Crippen molar-refractivity contribution in [2.45, 2.75) is 46.6 Å². The molecule has 0 bridgehead atoms. The number of unbranched alkanes of at least 4 members (excludes halogenated alkanes) is 1. The van der Waals surface area contributed by atoms with Crippen LogP contribution in [0.4, 0.5) is 5.69 Å². The predicted octanol–water partition coefficient (Wildman–Crippen LogP) is 3.60. The van der Waals surface area contributed by atoms with E-state index in [9.17, 15) is 4.79 Å². The van der Waals surface area contributed by atoms with Crippen LogP contribution < -0.4 is 15.8 Å². The summed E-state index contributed by atoms with van der Waals surface area (Å²) in [5, 5.41) is 2.84. The van der Waals surface area contributed by atoms with E-state index in [1.54, 1.807) is 0 Å². The van der Waals surface area contributed by atoms with Crippen molar-refractivity contribution in [2.75, 3.05) is 11.9 Å². The minimum Gasteiger partial charge on any atom is -0.494 e. The molecule has 0 saturated heterocycles. The zero-order valence-corrected chi connectivity index (χ0v) is 14.1. The van der Waals surface area contributed by atoms with Gasteiger partial charge in [0.15, 0.2) is 0 Å². The summed E-state index contributed by atoms with van der Waals surface area (Å²) in [4.78, 5) is 12.1. The van der Waals surface area contributed by atoms with Crippen molar-refractivity contribution < 1.29 is 9.53 Å². The summed E-state index contributed by atoms with van der Waals surface area (Å²) in [6, 6.07) is 6.85. The van der Waals surface area contributed by atoms with Gasteiger partial charge in [0.1, 0.15) is 5.75 Å². The Morgan fingerprint density at radius 3 is 2.62 bits per heavy atom. The number of benzene rings is 1. The molecule has 0 spiro atoms. The molecule has 0 saturated carbocycles. The van der Waals surface area contributed by atoms with Crippen molar-refractivity contribution in [3.63, 3.8) is 0 Å². The SMILES string of the molecule is CCCCOc1cccc(NC(=O)[C@@H](N)C(C)(C)C)c1.Cl. The molecular weight excluding hydrogens is 288 g/mol. The van der Waals surface area contributed by atoms with Gasteiger partial charge in [-0.15, -0.1) is 12.4 Å². The maximum absolute atomic E-state index is 12.1. The van der Waals surface area contributed by atoms with Gasteiger partial charge in [0.25, 0.3) is 0 Å². The molecule has 4 nitrogen and oxygen atoms in total. The normalized spacial score (nSPS) is 12.2. The van der Waals surface area contributed by atoms with E-state index in [4.69, 9.17) is 10.5 Å². The lowest BCUT2D eigenvalue weighted by Crippen LogP contribution is -2.45. The fourth-order valence-electron chi connectivity index (χ4n) is 1.61. The van der Waals surface area contributed by atoms with E-state index >= 15 is 0 Å². The standard InChI is InChI=1S/C16H26N2O2.ClH/c1-5-6-10-20-13-9-7-8-12(11-13)18-15(19)14(17)16(2,3)4;/h7-9,11,14H,5-6,10,17H2,1-4H3,(H,18,19);1H/t14-;/m1./s1. The first-order valence-corrected chi connectivity index (χ1v) is 7.14. The molecule has 1 atom stereocenters. The van der Waals surface area contributed by atoms with E-state index in [1.807, 2.05) is 45.0 Å². The van der Waals surface area contributed by atoms with Gasteiger partial charge in [-0.25, -0.2) is 0 Å². The van der Waals surface area contributed by atoms with Crippen LogP contribution in [0.1, 0.15) is 40.5 Å². The third-order valence-electron chi connectivity index (χ3n) is 3.08. The Bertz CT molecular complexity index is 444. The second-order valence-electron chi connectivity index (χ2n) is 6.06. The minimum atomic E-state index is -0.549. The lowest BCUT2D eigenvalue weighted by atomic mass is 9.87. The summed E-state index contributed by atoms with van der Waals surface area (Å²) >= 11 is 0. The molecule has 3 N–H and O–H groups in total. The first-order valence-electron chi connectivity index (χ1n) is 7.14. The average Bonchev–Trinajstić information content (AvgIpc) is 2.37. The summed E-state index contributed by atoms with van der Waals surface area (Å²) in [6.07, 6.45) is 2.11. The first kappa shape index (κ1) is 19.7. The molecule has 0 radical (unpaired) electrons. The van der Waals surface area contributed by atoms with E-state index in [0.717, 1.165) is 18.6 Å². The number of carbonyl (C=O) groups is 1. The second-order valence-corrected chi connectivity index (χ2v) is 6.06. The Kier molecular flexibility index (Phi) is 8.37. The van der Waals surface area contributed by atoms with E-state index in [2.05, 4.69) is 12.2 Å². The summed E-state index contributed by atoms with van der Waals surface area (Å²) < 4.78 is 5.61. The molecule has 1 amide bonds. The Hall–Kier alpha value is -1.26. The molecule has 0 fully saturated rings. The minimum absolute atomic E-state index is 0. The molecule has 0 aliphatic rings. The van der Waals surface area contributed by atoms with E-state index in [0.29, 0.717) is 12.3 Å². The zero-order valence-electron chi connectivity index (χ0n) is 13.3. The van der Waals surface area contributed by atoms with Crippen LogP contribution in [0.3, 0.4) is 0 Å². The van der Waals surface area contributed by atoms with Crippen molar-refractivity contribution in [3.8, 4) is 5.75 Å². The fraction of sp³-hybridized carbons (Fsp3) is 0.562. The molecule has 1 aromatic rings. The smallest absolute Gasteiger partial charge is 0.241 e. The van der Waals surface area contributed by atoms with Crippen LogP contribution in [0.2, 0.25) is 0 Å². The van der Waals surface area contributed by atoms with Crippen molar-refractivity contribution in [1.82, 2.24) is 0 Å². The molecule has 1 rings (SSSR count). The molecule has 120 valence electrons. The number of carbonyl (C=O) groups excluding carboxylic acids is 1. The summed E-state index contributed by atoms with van der Waals surface area (Å²) in [5.74, 6) is 0.587. The maximum atomic E-state index is 12.1. The topological polar surface area (TPSA) is 64.3 Å². The number of nitrogens with one attached hydrogen (secondary N) is 1. The van der Waals surface area contributed by atoms with Gasteiger partial charge in [0.2, 0.25) is 5.91 Å². The highest BCUT2D eigenvalue weighted by atomic mass is 35.5. The van der Waals surface area contributed by atoms with Gasteiger partial charge in [0.05, 0.1) is 12.6 Å². The molecular formula is C16H27ClN2O2. The number of halogens is 1. The number of hydrogen-bond acceptors (Lipinski definition) is 3. The van der Waals surface area contributed by atoms with Crippen molar-refractivity contribution in [1.29, 1.82) is 0 Å². The van der Waals surface area contributed by atoms with Gasteiger partial charge >= 0.3 is 0 Å². The second kappa shape index (κ2) is 8.90. The predicted molar refractivity (Wildman–Crippen MR) is 90.2 cm³/mol. The summed E-state index contributed by atoms with van der Waals surface area (Å²) in [5.41, 5.74) is 6.38. The van der Waals surface area contributed by atoms with Crippen molar-refractivity contribution in [2.24, 2.45) is 11.1 Å². The number of ether oxygens (including phenoxy) is 1. The average molecular weight is 315 g/mol. The number of nitrogens with two attached hydrogens (primary N) is 1. The zero-order chi connectivity index (χ0) is 15.2. The van der Waals surface area contributed by atoms with Crippen molar-refractivity contribution >= 4 is 24.0 Å². The Labute approximate surface area is 133 Å². The summed E-state index contributed by atoms with van der Waals surface area (Å²) in [7, 11) is 0. The lowest BCUT2D eigenvalue weighted by Gasteiger charge is -2.25. The van der Waals surface area contributed by atoms with Gasteiger partial charge in [-0.1, -0.05) is 40.2 Å². The van der Waals surface area contributed by atoms with E-state index in [1.165, 1.54) is 0 Å². The molecule has 0 aromatic heterocycles. The highest BCUT2D eigenvalue weighted by Crippen LogP contribution is 2.21. The van der Waals surface area contributed by atoms with Crippen molar-refractivity contribution in [3.05, 3.63) is 24.3 Å². The van der Waals surface area contributed by atoms with E-state index in [-0.39, 0.29) is 23.7 Å². The highest BCUT2D eigenvalue weighted by Gasteiger charge is 2.27. The van der Waals surface area contributed by atoms with Gasteiger partial charge in [0, 0.05) is 11.8 Å². The molecule has 5 heteroatoms. The summed E-state index contributed by atoms with van der Waals surface area (Å²) in [6.45, 7) is 8.65. The Morgan fingerprint density at radius 2 is 2.05 bits per heavy atom. The molecule has 21 heavy (non-hydrogen) atoms. The molecule has 1 aromatic carbocycles. The number of amides is 1. The van der Waals surface area contributed by atoms with Crippen LogP contribution >= 0.6 is 12.4 Å². The van der Waals surface area contributed by atoms with Crippen LogP contribution in [0, 0.1) is 5.41 Å². The largest absolute Gasteiger partial charge is 0.494 e. The van der Waals surface area contributed by atoms with Crippen LogP contribution in [-0.2, 0) is 4.79 Å². The van der Waals surface area contributed by atoms with Crippen LogP contribution in [0.5, 0.6) is 5.75 Å². The van der Waals surface area contributed by atoms with Gasteiger partial charge in [-0.3, -0.25) is 4.79 Å².